The molecule has 6 nitrogen and oxygen atoms in total. The molecule has 0 unspecified atom stereocenters. The molecule has 0 atom stereocenters. The van der Waals surface area contributed by atoms with Crippen molar-refractivity contribution in [2.45, 2.75) is 32.1 Å². The zero-order valence-electron chi connectivity index (χ0n) is 16.6. The Morgan fingerprint density at radius 2 is 1.74 bits per heavy atom. The average Bonchev–Trinajstić information content (AvgIpc) is 3.21. The number of rotatable bonds is 6. The number of nitrogens with one attached hydrogen (secondary N) is 1. The smallest absolute Gasteiger partial charge is 0.370 e. The fourth-order valence-electron chi connectivity index (χ4n) is 3.42. The summed E-state index contributed by atoms with van der Waals surface area (Å²) in [6, 6.07) is 13.7. The van der Waals surface area contributed by atoms with E-state index in [4.69, 9.17) is 0 Å². The first-order chi connectivity index (χ1) is 14.9. The number of aromatic nitrogens is 3. The second-order valence-corrected chi connectivity index (χ2v) is 7.22. The van der Waals surface area contributed by atoms with E-state index in [9.17, 15) is 18.0 Å². The quantitative estimate of drug-likeness (QED) is 0.595. The number of fused-ring (bicyclic) bond motifs is 1. The molecule has 160 valence electrons. The van der Waals surface area contributed by atoms with Crippen LogP contribution in [0.15, 0.2) is 54.7 Å². The molecule has 1 N–H and O–H groups in total. The normalized spacial score (nSPS) is 13.2. The zero-order chi connectivity index (χ0) is 21.8. The topological polar surface area (TPSA) is 71.0 Å². The molecule has 3 heterocycles. The number of halogens is 3. The SMILES string of the molecule is O=C(CCCNc1cc(C(F)(F)F)nc(-c2ccccn2)n1)N1Cc2ccccc2C1. The van der Waals surface area contributed by atoms with Gasteiger partial charge in [-0.25, -0.2) is 9.97 Å². The van der Waals surface area contributed by atoms with E-state index in [0.717, 1.165) is 17.2 Å². The Bertz CT molecular complexity index is 1050. The van der Waals surface area contributed by atoms with Crippen LogP contribution in [0, 0.1) is 0 Å². The van der Waals surface area contributed by atoms with Crippen LogP contribution in [0.1, 0.15) is 29.7 Å². The predicted octanol–water partition coefficient (Wildman–Crippen LogP) is 4.29. The molecule has 9 heteroatoms. The number of pyridine rings is 1. The Labute approximate surface area is 177 Å². The first-order valence-corrected chi connectivity index (χ1v) is 9.86. The third-order valence-electron chi connectivity index (χ3n) is 4.98. The van der Waals surface area contributed by atoms with Gasteiger partial charge in [-0.2, -0.15) is 13.2 Å². The summed E-state index contributed by atoms with van der Waals surface area (Å²) < 4.78 is 39.8. The number of carbonyl (C=O) groups is 1. The first kappa shape index (κ1) is 20.8. The molecule has 0 fully saturated rings. The Hall–Kier alpha value is -3.49. The highest BCUT2D eigenvalue weighted by Gasteiger charge is 2.34. The summed E-state index contributed by atoms with van der Waals surface area (Å²) in [5, 5.41) is 2.88. The van der Waals surface area contributed by atoms with Gasteiger partial charge in [0.2, 0.25) is 5.91 Å². The lowest BCUT2D eigenvalue weighted by Crippen LogP contribution is -2.25. The van der Waals surface area contributed by atoms with Crippen molar-refractivity contribution in [3.05, 3.63) is 71.5 Å². The van der Waals surface area contributed by atoms with E-state index in [1.807, 2.05) is 24.3 Å². The molecule has 4 rings (SSSR count). The second kappa shape index (κ2) is 8.71. The maximum absolute atomic E-state index is 13.3. The van der Waals surface area contributed by atoms with Crippen molar-refractivity contribution in [1.82, 2.24) is 19.9 Å². The van der Waals surface area contributed by atoms with Crippen molar-refractivity contribution in [2.75, 3.05) is 11.9 Å². The molecule has 0 bridgehead atoms. The Balaban J connectivity index is 1.36. The van der Waals surface area contributed by atoms with Gasteiger partial charge >= 0.3 is 6.18 Å². The van der Waals surface area contributed by atoms with E-state index in [1.54, 1.807) is 23.1 Å². The Morgan fingerprint density at radius 3 is 2.39 bits per heavy atom. The van der Waals surface area contributed by atoms with Crippen LogP contribution >= 0.6 is 0 Å². The van der Waals surface area contributed by atoms with Gasteiger partial charge in [0.15, 0.2) is 11.5 Å². The van der Waals surface area contributed by atoms with Crippen molar-refractivity contribution < 1.29 is 18.0 Å². The number of hydrogen-bond acceptors (Lipinski definition) is 5. The van der Waals surface area contributed by atoms with Gasteiger partial charge in [-0.1, -0.05) is 30.3 Å². The lowest BCUT2D eigenvalue weighted by Gasteiger charge is -2.15. The van der Waals surface area contributed by atoms with Crippen LogP contribution in [0.25, 0.3) is 11.5 Å². The fourth-order valence-corrected chi connectivity index (χ4v) is 3.42. The maximum Gasteiger partial charge on any atom is 0.433 e. The van der Waals surface area contributed by atoms with Crippen LogP contribution < -0.4 is 5.32 Å². The molecule has 31 heavy (non-hydrogen) atoms. The second-order valence-electron chi connectivity index (χ2n) is 7.22. The van der Waals surface area contributed by atoms with Crippen LogP contribution in [0.3, 0.4) is 0 Å². The summed E-state index contributed by atoms with van der Waals surface area (Å²) in [6.45, 7) is 1.50. The number of alkyl halides is 3. The Morgan fingerprint density at radius 1 is 1.03 bits per heavy atom. The molecule has 2 aromatic heterocycles. The molecule has 3 aromatic rings. The minimum Gasteiger partial charge on any atom is -0.370 e. The van der Waals surface area contributed by atoms with Gasteiger partial charge in [0.05, 0.1) is 0 Å². The molecule has 1 aromatic carbocycles. The van der Waals surface area contributed by atoms with E-state index in [1.165, 1.54) is 6.20 Å². The van der Waals surface area contributed by atoms with Gasteiger partial charge in [0.25, 0.3) is 0 Å². The summed E-state index contributed by atoms with van der Waals surface area (Å²) in [4.78, 5) is 26.0. The van der Waals surface area contributed by atoms with Gasteiger partial charge in [0.1, 0.15) is 11.5 Å². The third-order valence-corrected chi connectivity index (χ3v) is 4.98. The van der Waals surface area contributed by atoms with E-state index < -0.39 is 11.9 Å². The molecule has 0 radical (unpaired) electrons. The number of anilines is 1. The highest BCUT2D eigenvalue weighted by Crippen LogP contribution is 2.30. The van der Waals surface area contributed by atoms with Gasteiger partial charge in [-0.15, -0.1) is 0 Å². The van der Waals surface area contributed by atoms with E-state index in [2.05, 4.69) is 20.3 Å². The molecule has 0 saturated heterocycles. The molecule has 0 spiro atoms. The highest BCUT2D eigenvalue weighted by molar-refractivity contribution is 5.77. The van der Waals surface area contributed by atoms with Crippen molar-refractivity contribution in [1.29, 1.82) is 0 Å². The molecule has 0 saturated carbocycles. The summed E-state index contributed by atoms with van der Waals surface area (Å²) in [5.41, 5.74) is 1.50. The molecular weight excluding hydrogens is 407 g/mol. The molecule has 0 aliphatic carbocycles. The van der Waals surface area contributed by atoms with Crippen molar-refractivity contribution in [3.8, 4) is 11.5 Å². The van der Waals surface area contributed by atoms with Crippen LogP contribution in [0.4, 0.5) is 19.0 Å². The molecule has 1 aliphatic rings. The standard InChI is InChI=1S/C22H20F3N5O/c23-22(24,25)18-12-19(29-21(28-18)17-8-3-4-10-26-17)27-11-5-9-20(31)30-13-15-6-1-2-7-16(15)14-30/h1-4,6-8,10,12H,5,9,11,13-14H2,(H,27,28,29). The summed E-state index contributed by atoms with van der Waals surface area (Å²) in [5.74, 6) is -0.0429. The van der Waals surface area contributed by atoms with Crippen molar-refractivity contribution >= 4 is 11.7 Å². The number of nitrogens with zero attached hydrogens (tertiary/aromatic N) is 4. The van der Waals surface area contributed by atoms with Crippen LogP contribution in [-0.4, -0.2) is 32.3 Å². The number of hydrogen-bond donors (Lipinski definition) is 1. The summed E-state index contributed by atoms with van der Waals surface area (Å²) in [6.07, 6.45) is -2.38. The monoisotopic (exact) mass is 427 g/mol. The average molecular weight is 427 g/mol. The van der Waals surface area contributed by atoms with E-state index in [-0.39, 0.29) is 23.2 Å². The minimum absolute atomic E-state index is 0.0193. The maximum atomic E-state index is 13.3. The summed E-state index contributed by atoms with van der Waals surface area (Å²) in [7, 11) is 0. The van der Waals surface area contributed by atoms with Crippen LogP contribution in [0.2, 0.25) is 0 Å². The number of benzene rings is 1. The fraction of sp³-hybridized carbons (Fsp3) is 0.273. The largest absolute Gasteiger partial charge is 0.433 e. The minimum atomic E-state index is -4.61. The van der Waals surface area contributed by atoms with Crippen molar-refractivity contribution in [3.63, 3.8) is 0 Å². The lowest BCUT2D eigenvalue weighted by molar-refractivity contribution is -0.141. The van der Waals surface area contributed by atoms with Gasteiger partial charge in [-0.05, 0) is 29.7 Å². The van der Waals surface area contributed by atoms with E-state index in [0.29, 0.717) is 32.5 Å². The number of amides is 1. The molecule has 1 amide bonds. The van der Waals surface area contributed by atoms with Crippen molar-refractivity contribution in [2.24, 2.45) is 0 Å². The Kier molecular flexibility index (Phi) is 5.83. The van der Waals surface area contributed by atoms with Gasteiger partial charge in [0, 0.05) is 38.3 Å². The summed E-state index contributed by atoms with van der Waals surface area (Å²) >= 11 is 0. The molecular formula is C22H20F3N5O. The number of carbonyl (C=O) groups excluding carboxylic acids is 1. The predicted molar refractivity (Wildman–Crippen MR) is 109 cm³/mol. The molecule has 1 aliphatic heterocycles. The first-order valence-electron chi connectivity index (χ1n) is 9.86. The highest BCUT2D eigenvalue weighted by atomic mass is 19.4. The lowest BCUT2D eigenvalue weighted by atomic mass is 10.1. The third kappa shape index (κ3) is 4.99. The van der Waals surface area contributed by atoms with Gasteiger partial charge < -0.3 is 10.2 Å². The zero-order valence-corrected chi connectivity index (χ0v) is 16.6. The van der Waals surface area contributed by atoms with Crippen LogP contribution in [-0.2, 0) is 24.1 Å². The van der Waals surface area contributed by atoms with Crippen LogP contribution in [0.5, 0.6) is 0 Å². The van der Waals surface area contributed by atoms with E-state index >= 15 is 0 Å². The van der Waals surface area contributed by atoms with Gasteiger partial charge in [-0.3, -0.25) is 9.78 Å².